The van der Waals surface area contributed by atoms with Gasteiger partial charge in [0.15, 0.2) is 0 Å². The van der Waals surface area contributed by atoms with E-state index in [0.29, 0.717) is 27.7 Å². The van der Waals surface area contributed by atoms with Gasteiger partial charge in [0.25, 0.3) is 0 Å². The maximum atomic E-state index is 12.0. The molecule has 0 spiro atoms. The summed E-state index contributed by atoms with van der Waals surface area (Å²) in [4.78, 5) is 16.0. The molecule has 1 fully saturated rings. The molecule has 104 valence electrons. The Bertz CT molecular complexity index is 445. The molecule has 5 heteroatoms. The minimum Gasteiger partial charge on any atom is -0.325 e. The van der Waals surface area contributed by atoms with Crippen LogP contribution >= 0.6 is 27.5 Å². The summed E-state index contributed by atoms with van der Waals surface area (Å²) in [5.41, 5.74) is 0.690. The Morgan fingerprint density at radius 1 is 1.37 bits per heavy atom. The van der Waals surface area contributed by atoms with Crippen LogP contribution in [0.2, 0.25) is 5.15 Å². The topological polar surface area (TPSA) is 42.0 Å². The number of aromatic nitrogens is 1. The summed E-state index contributed by atoms with van der Waals surface area (Å²) >= 11 is 9.12. The van der Waals surface area contributed by atoms with E-state index in [2.05, 4.69) is 26.2 Å². The fraction of sp³-hybridized carbons (Fsp3) is 0.571. The average Bonchev–Trinajstić information content (AvgIpc) is 2.62. The highest BCUT2D eigenvalue weighted by atomic mass is 79.9. The van der Waals surface area contributed by atoms with Crippen LogP contribution < -0.4 is 5.32 Å². The smallest absolute Gasteiger partial charge is 0.224 e. The second-order valence-corrected chi connectivity index (χ2v) is 6.32. The standard InChI is InChI=1S/C14H18BrClN2O/c15-12-8-11(9-17-14(12)16)18-13(19)7-10-5-3-1-2-4-6-10/h8-10H,1-7H2,(H,18,19). The maximum Gasteiger partial charge on any atom is 0.224 e. The number of nitrogens with one attached hydrogen (secondary N) is 1. The summed E-state index contributed by atoms with van der Waals surface area (Å²) < 4.78 is 0.696. The normalized spacial score (nSPS) is 16.9. The minimum atomic E-state index is 0.0722. The van der Waals surface area contributed by atoms with Crippen LogP contribution in [0.3, 0.4) is 0 Å². The van der Waals surface area contributed by atoms with E-state index in [1.807, 2.05) is 0 Å². The van der Waals surface area contributed by atoms with Crippen molar-refractivity contribution in [2.45, 2.75) is 44.9 Å². The number of carbonyl (C=O) groups is 1. The van der Waals surface area contributed by atoms with Crippen LogP contribution in [0.1, 0.15) is 44.9 Å². The second kappa shape index (κ2) is 7.25. The number of hydrogen-bond acceptors (Lipinski definition) is 2. The van der Waals surface area contributed by atoms with Gasteiger partial charge < -0.3 is 5.32 Å². The summed E-state index contributed by atoms with van der Waals surface area (Å²) in [6.07, 6.45) is 9.68. The number of anilines is 1. The molecule has 0 atom stereocenters. The van der Waals surface area contributed by atoms with Gasteiger partial charge in [-0.25, -0.2) is 4.98 Å². The van der Waals surface area contributed by atoms with Crippen LogP contribution in [0.15, 0.2) is 16.7 Å². The predicted octanol–water partition coefficient (Wildman–Crippen LogP) is 4.80. The van der Waals surface area contributed by atoms with E-state index < -0.39 is 0 Å². The molecule has 1 aromatic heterocycles. The van der Waals surface area contributed by atoms with Gasteiger partial charge in [0, 0.05) is 6.42 Å². The lowest BCUT2D eigenvalue weighted by Crippen LogP contribution is -2.16. The molecule has 1 amide bonds. The third kappa shape index (κ3) is 4.77. The van der Waals surface area contributed by atoms with Crippen LogP contribution in [0.4, 0.5) is 5.69 Å². The Morgan fingerprint density at radius 2 is 2.05 bits per heavy atom. The molecule has 0 aromatic carbocycles. The molecule has 1 aromatic rings. The number of rotatable bonds is 3. The third-order valence-corrected chi connectivity index (χ3v) is 4.66. The number of nitrogens with zero attached hydrogens (tertiary/aromatic N) is 1. The van der Waals surface area contributed by atoms with E-state index in [9.17, 15) is 4.79 Å². The molecular formula is C14H18BrClN2O. The number of hydrogen-bond donors (Lipinski definition) is 1. The largest absolute Gasteiger partial charge is 0.325 e. The van der Waals surface area contributed by atoms with Gasteiger partial charge in [0.1, 0.15) is 5.15 Å². The highest BCUT2D eigenvalue weighted by molar-refractivity contribution is 9.10. The summed E-state index contributed by atoms with van der Waals surface area (Å²) in [5.74, 6) is 0.606. The molecule has 0 saturated heterocycles. The highest BCUT2D eigenvalue weighted by Crippen LogP contribution is 2.26. The molecule has 0 radical (unpaired) electrons. The predicted molar refractivity (Wildman–Crippen MR) is 81.4 cm³/mol. The fourth-order valence-corrected chi connectivity index (χ4v) is 2.98. The van der Waals surface area contributed by atoms with Crippen molar-refractivity contribution in [3.63, 3.8) is 0 Å². The van der Waals surface area contributed by atoms with Crippen molar-refractivity contribution in [1.29, 1.82) is 0 Å². The molecule has 3 nitrogen and oxygen atoms in total. The molecule has 2 rings (SSSR count). The van der Waals surface area contributed by atoms with E-state index in [-0.39, 0.29) is 5.91 Å². The molecule has 1 aliphatic rings. The van der Waals surface area contributed by atoms with Gasteiger partial charge in [-0.05, 0) is 40.8 Å². The monoisotopic (exact) mass is 344 g/mol. The lowest BCUT2D eigenvalue weighted by Gasteiger charge is -2.13. The molecule has 0 bridgehead atoms. The zero-order chi connectivity index (χ0) is 13.7. The first-order valence-electron chi connectivity index (χ1n) is 6.76. The summed E-state index contributed by atoms with van der Waals surface area (Å²) in [5, 5.41) is 3.29. The zero-order valence-electron chi connectivity index (χ0n) is 10.8. The molecule has 1 N–H and O–H groups in total. The molecular weight excluding hydrogens is 328 g/mol. The van der Waals surface area contributed by atoms with Crippen molar-refractivity contribution in [3.8, 4) is 0 Å². The first kappa shape index (κ1) is 14.8. The van der Waals surface area contributed by atoms with Crippen molar-refractivity contribution in [2.24, 2.45) is 5.92 Å². The molecule has 0 aliphatic heterocycles. The average molecular weight is 346 g/mol. The molecule has 19 heavy (non-hydrogen) atoms. The van der Waals surface area contributed by atoms with E-state index in [0.717, 1.165) is 0 Å². The molecule has 0 unspecified atom stereocenters. The van der Waals surface area contributed by atoms with Crippen LogP contribution in [0, 0.1) is 5.92 Å². The summed E-state index contributed by atoms with van der Waals surface area (Å²) in [6.45, 7) is 0. The number of carbonyl (C=O) groups excluding carboxylic acids is 1. The van der Waals surface area contributed by atoms with Gasteiger partial charge in [-0.1, -0.05) is 37.3 Å². The van der Waals surface area contributed by atoms with Crippen LogP contribution in [-0.2, 0) is 4.79 Å². The van der Waals surface area contributed by atoms with E-state index in [1.165, 1.54) is 38.5 Å². The highest BCUT2D eigenvalue weighted by Gasteiger charge is 2.16. The zero-order valence-corrected chi connectivity index (χ0v) is 13.1. The SMILES string of the molecule is O=C(CC1CCCCCC1)Nc1cnc(Cl)c(Br)c1. The van der Waals surface area contributed by atoms with E-state index >= 15 is 0 Å². The lowest BCUT2D eigenvalue weighted by atomic mass is 9.96. The molecule has 1 aliphatic carbocycles. The van der Waals surface area contributed by atoms with Gasteiger partial charge in [-0.2, -0.15) is 0 Å². The van der Waals surface area contributed by atoms with Crippen LogP contribution in [0.5, 0.6) is 0 Å². The Labute approximate surface area is 127 Å². The summed E-state index contributed by atoms with van der Waals surface area (Å²) in [6, 6.07) is 1.78. The Hall–Kier alpha value is -0.610. The third-order valence-electron chi connectivity index (χ3n) is 3.53. The van der Waals surface area contributed by atoms with Crippen molar-refractivity contribution in [3.05, 3.63) is 21.9 Å². The summed E-state index contributed by atoms with van der Waals surface area (Å²) in [7, 11) is 0. The quantitative estimate of drug-likeness (QED) is 0.632. The number of amides is 1. The van der Waals surface area contributed by atoms with Crippen molar-refractivity contribution >= 4 is 39.1 Å². The van der Waals surface area contributed by atoms with Crippen LogP contribution in [-0.4, -0.2) is 10.9 Å². The molecule has 1 heterocycles. The van der Waals surface area contributed by atoms with Crippen molar-refractivity contribution < 1.29 is 4.79 Å². The first-order chi connectivity index (χ1) is 9.15. The Morgan fingerprint density at radius 3 is 2.68 bits per heavy atom. The second-order valence-electron chi connectivity index (χ2n) is 5.11. The Balaban J connectivity index is 1.87. The molecule has 1 saturated carbocycles. The fourth-order valence-electron chi connectivity index (χ4n) is 2.53. The van der Waals surface area contributed by atoms with Gasteiger partial charge in [0.2, 0.25) is 5.91 Å². The van der Waals surface area contributed by atoms with Crippen LogP contribution in [0.25, 0.3) is 0 Å². The number of pyridine rings is 1. The van der Waals surface area contributed by atoms with Gasteiger partial charge in [-0.15, -0.1) is 0 Å². The van der Waals surface area contributed by atoms with Crippen molar-refractivity contribution in [2.75, 3.05) is 5.32 Å². The van der Waals surface area contributed by atoms with Gasteiger partial charge in [0.05, 0.1) is 16.4 Å². The van der Waals surface area contributed by atoms with E-state index in [4.69, 9.17) is 11.6 Å². The number of halogens is 2. The van der Waals surface area contributed by atoms with E-state index in [1.54, 1.807) is 12.3 Å². The first-order valence-corrected chi connectivity index (χ1v) is 7.93. The van der Waals surface area contributed by atoms with Gasteiger partial charge >= 0.3 is 0 Å². The van der Waals surface area contributed by atoms with Gasteiger partial charge in [-0.3, -0.25) is 4.79 Å². The lowest BCUT2D eigenvalue weighted by molar-refractivity contribution is -0.117. The van der Waals surface area contributed by atoms with Crippen molar-refractivity contribution in [1.82, 2.24) is 4.98 Å². The maximum absolute atomic E-state index is 12.0. The Kier molecular flexibility index (Phi) is 5.64. The minimum absolute atomic E-state index is 0.0722.